The fourth-order valence-electron chi connectivity index (χ4n) is 1.99. The zero-order chi connectivity index (χ0) is 13.5. The lowest BCUT2D eigenvalue weighted by atomic mass is 10.0. The Morgan fingerprint density at radius 2 is 2.06 bits per heavy atom. The summed E-state index contributed by atoms with van der Waals surface area (Å²) < 4.78 is 0. The Kier molecular flexibility index (Phi) is 5.86. The third-order valence-corrected chi connectivity index (χ3v) is 3.03. The highest BCUT2D eigenvalue weighted by atomic mass is 16.1. The second-order valence-corrected chi connectivity index (χ2v) is 4.81. The summed E-state index contributed by atoms with van der Waals surface area (Å²) in [6.45, 7) is 9.45. The minimum atomic E-state index is 0.0634. The van der Waals surface area contributed by atoms with E-state index in [-0.39, 0.29) is 11.9 Å². The van der Waals surface area contributed by atoms with E-state index in [4.69, 9.17) is 0 Å². The van der Waals surface area contributed by atoms with Gasteiger partial charge in [0.2, 0.25) is 5.91 Å². The van der Waals surface area contributed by atoms with Gasteiger partial charge in [-0.15, -0.1) is 0 Å². The molecule has 0 radical (unpaired) electrons. The number of rotatable bonds is 6. The monoisotopic (exact) mass is 248 g/mol. The molecule has 0 bridgehead atoms. The Balaban J connectivity index is 2.50. The molecule has 1 aromatic rings. The largest absolute Gasteiger partial charge is 0.355 e. The van der Waals surface area contributed by atoms with E-state index in [1.54, 1.807) is 0 Å². The third-order valence-electron chi connectivity index (χ3n) is 3.03. The standard InChI is InChI=1S/C15H24N2O/c1-5-8-16-15(18)10-17-13(4)14-7-6-11(2)9-12(14)3/h6-7,9,13,17H,5,8,10H2,1-4H3,(H,16,18). The molecule has 0 fully saturated rings. The van der Waals surface area contributed by atoms with Crippen LogP contribution in [-0.2, 0) is 4.79 Å². The first-order valence-corrected chi connectivity index (χ1v) is 6.61. The third kappa shape index (κ3) is 4.49. The Morgan fingerprint density at radius 3 is 2.67 bits per heavy atom. The molecule has 3 heteroatoms. The number of benzene rings is 1. The maximum atomic E-state index is 11.5. The van der Waals surface area contributed by atoms with Crippen molar-refractivity contribution in [2.75, 3.05) is 13.1 Å². The fourth-order valence-corrected chi connectivity index (χ4v) is 1.99. The van der Waals surface area contributed by atoms with Gasteiger partial charge >= 0.3 is 0 Å². The van der Waals surface area contributed by atoms with E-state index < -0.39 is 0 Å². The van der Waals surface area contributed by atoms with Gasteiger partial charge in [-0.3, -0.25) is 4.79 Å². The molecular weight excluding hydrogens is 224 g/mol. The molecule has 1 atom stereocenters. The van der Waals surface area contributed by atoms with Gasteiger partial charge in [-0.2, -0.15) is 0 Å². The van der Waals surface area contributed by atoms with Gasteiger partial charge in [0.15, 0.2) is 0 Å². The minimum Gasteiger partial charge on any atom is -0.355 e. The van der Waals surface area contributed by atoms with E-state index in [9.17, 15) is 4.79 Å². The van der Waals surface area contributed by atoms with Crippen LogP contribution in [0.15, 0.2) is 18.2 Å². The van der Waals surface area contributed by atoms with Crippen molar-refractivity contribution in [3.8, 4) is 0 Å². The first-order valence-electron chi connectivity index (χ1n) is 6.61. The van der Waals surface area contributed by atoms with Gasteiger partial charge < -0.3 is 10.6 Å². The van der Waals surface area contributed by atoms with Crippen LogP contribution in [-0.4, -0.2) is 19.0 Å². The molecule has 0 aromatic heterocycles. The van der Waals surface area contributed by atoms with E-state index in [1.807, 2.05) is 6.92 Å². The van der Waals surface area contributed by atoms with E-state index in [1.165, 1.54) is 16.7 Å². The number of carbonyl (C=O) groups excluding carboxylic acids is 1. The van der Waals surface area contributed by atoms with Gasteiger partial charge in [-0.05, 0) is 38.3 Å². The number of hydrogen-bond acceptors (Lipinski definition) is 2. The summed E-state index contributed by atoms with van der Waals surface area (Å²) in [6.07, 6.45) is 0.971. The second-order valence-electron chi connectivity index (χ2n) is 4.81. The molecule has 0 saturated carbocycles. The molecule has 1 rings (SSSR count). The Bertz CT molecular complexity index is 401. The number of aryl methyl sites for hydroxylation is 2. The molecule has 0 aliphatic carbocycles. The average Bonchev–Trinajstić information content (AvgIpc) is 2.33. The fraction of sp³-hybridized carbons (Fsp3) is 0.533. The predicted octanol–water partition coefficient (Wildman–Crippen LogP) is 2.48. The van der Waals surface area contributed by atoms with Gasteiger partial charge in [0, 0.05) is 12.6 Å². The number of carbonyl (C=O) groups is 1. The molecule has 3 nitrogen and oxygen atoms in total. The van der Waals surface area contributed by atoms with Crippen molar-refractivity contribution in [2.24, 2.45) is 0 Å². The lowest BCUT2D eigenvalue weighted by Crippen LogP contribution is -2.35. The summed E-state index contributed by atoms with van der Waals surface area (Å²) >= 11 is 0. The topological polar surface area (TPSA) is 41.1 Å². The highest BCUT2D eigenvalue weighted by Gasteiger charge is 2.09. The SMILES string of the molecule is CCCNC(=O)CNC(C)c1ccc(C)cc1C. The molecule has 1 aromatic carbocycles. The molecule has 0 aliphatic heterocycles. The van der Waals surface area contributed by atoms with Crippen molar-refractivity contribution in [2.45, 2.75) is 40.2 Å². The van der Waals surface area contributed by atoms with Crippen LogP contribution in [0.5, 0.6) is 0 Å². The minimum absolute atomic E-state index is 0.0634. The van der Waals surface area contributed by atoms with E-state index in [0.29, 0.717) is 6.54 Å². The Hall–Kier alpha value is -1.35. The molecule has 18 heavy (non-hydrogen) atoms. The first-order chi connectivity index (χ1) is 8.54. The number of hydrogen-bond donors (Lipinski definition) is 2. The van der Waals surface area contributed by atoms with Gasteiger partial charge in [0.05, 0.1) is 6.54 Å². The average molecular weight is 248 g/mol. The second kappa shape index (κ2) is 7.17. The molecular formula is C15H24N2O. The van der Waals surface area contributed by atoms with Crippen LogP contribution in [0, 0.1) is 13.8 Å². The lowest BCUT2D eigenvalue weighted by Gasteiger charge is -2.17. The lowest BCUT2D eigenvalue weighted by molar-refractivity contribution is -0.120. The zero-order valence-corrected chi connectivity index (χ0v) is 11.8. The van der Waals surface area contributed by atoms with Crippen molar-refractivity contribution in [1.82, 2.24) is 10.6 Å². The Morgan fingerprint density at radius 1 is 1.33 bits per heavy atom. The first kappa shape index (κ1) is 14.7. The molecule has 1 amide bonds. The van der Waals surface area contributed by atoms with Crippen LogP contribution in [0.2, 0.25) is 0 Å². The van der Waals surface area contributed by atoms with Gasteiger partial charge in [0.1, 0.15) is 0 Å². The van der Waals surface area contributed by atoms with E-state index >= 15 is 0 Å². The van der Waals surface area contributed by atoms with Crippen LogP contribution >= 0.6 is 0 Å². The van der Waals surface area contributed by atoms with Crippen molar-refractivity contribution in [3.05, 3.63) is 34.9 Å². The Labute approximate surface area is 110 Å². The van der Waals surface area contributed by atoms with Crippen LogP contribution in [0.3, 0.4) is 0 Å². The van der Waals surface area contributed by atoms with E-state index in [0.717, 1.165) is 13.0 Å². The molecule has 0 saturated heterocycles. The smallest absolute Gasteiger partial charge is 0.233 e. The normalized spacial score (nSPS) is 12.2. The van der Waals surface area contributed by atoms with Gasteiger partial charge in [0.25, 0.3) is 0 Å². The van der Waals surface area contributed by atoms with Gasteiger partial charge in [-0.1, -0.05) is 30.7 Å². The summed E-state index contributed by atoms with van der Waals surface area (Å²) in [7, 11) is 0. The number of amides is 1. The van der Waals surface area contributed by atoms with Crippen LogP contribution < -0.4 is 10.6 Å². The summed E-state index contributed by atoms with van der Waals surface area (Å²) in [5, 5.41) is 6.12. The molecule has 100 valence electrons. The summed E-state index contributed by atoms with van der Waals surface area (Å²) in [4.78, 5) is 11.5. The summed E-state index contributed by atoms with van der Waals surface area (Å²) in [5.74, 6) is 0.0634. The zero-order valence-electron chi connectivity index (χ0n) is 11.8. The highest BCUT2D eigenvalue weighted by molar-refractivity contribution is 5.78. The molecule has 0 heterocycles. The maximum Gasteiger partial charge on any atom is 0.233 e. The molecule has 0 spiro atoms. The summed E-state index contributed by atoms with van der Waals surface area (Å²) in [5.41, 5.74) is 3.79. The van der Waals surface area contributed by atoms with Crippen molar-refractivity contribution in [1.29, 1.82) is 0 Å². The molecule has 0 aliphatic rings. The van der Waals surface area contributed by atoms with Crippen LogP contribution in [0.1, 0.15) is 43.0 Å². The maximum absolute atomic E-state index is 11.5. The van der Waals surface area contributed by atoms with Crippen LogP contribution in [0.25, 0.3) is 0 Å². The van der Waals surface area contributed by atoms with Crippen molar-refractivity contribution >= 4 is 5.91 Å². The van der Waals surface area contributed by atoms with Gasteiger partial charge in [-0.25, -0.2) is 0 Å². The molecule has 2 N–H and O–H groups in total. The quantitative estimate of drug-likeness (QED) is 0.812. The highest BCUT2D eigenvalue weighted by Crippen LogP contribution is 2.18. The van der Waals surface area contributed by atoms with Crippen molar-refractivity contribution in [3.63, 3.8) is 0 Å². The summed E-state index contributed by atoms with van der Waals surface area (Å²) in [6, 6.07) is 6.60. The number of nitrogens with one attached hydrogen (secondary N) is 2. The van der Waals surface area contributed by atoms with Crippen LogP contribution in [0.4, 0.5) is 0 Å². The van der Waals surface area contributed by atoms with Crippen molar-refractivity contribution < 1.29 is 4.79 Å². The molecule has 1 unspecified atom stereocenters. The van der Waals surface area contributed by atoms with E-state index in [2.05, 4.69) is 49.6 Å². The predicted molar refractivity (Wildman–Crippen MR) is 75.6 cm³/mol.